The lowest BCUT2D eigenvalue weighted by molar-refractivity contribution is 0.124. The van der Waals surface area contributed by atoms with Gasteiger partial charge in [-0.05, 0) is 90.5 Å². The number of rotatable bonds is 6. The van der Waals surface area contributed by atoms with E-state index < -0.39 is 35.6 Å². The number of fused-ring (bicyclic) bond motifs is 1. The number of hydrogen-bond donors (Lipinski definition) is 0. The predicted octanol–water partition coefficient (Wildman–Crippen LogP) is 9.01. The minimum atomic E-state index is -3.05. The van der Waals surface area contributed by atoms with Gasteiger partial charge in [0, 0.05) is 16.7 Å². The molecule has 172 valence electrons. The topological polar surface area (TPSA) is 0 Å². The van der Waals surface area contributed by atoms with Crippen molar-refractivity contribution >= 4 is 11.6 Å². The highest BCUT2D eigenvalue weighted by Crippen LogP contribution is 2.42. The molecule has 0 unspecified atom stereocenters. The maximum atomic E-state index is 15.0. The molecule has 0 radical (unpaired) electrons. The highest BCUT2D eigenvalue weighted by Gasteiger charge is 2.28. The Hall–Kier alpha value is -2.24. The number of alkyl halides is 4. The van der Waals surface area contributed by atoms with E-state index in [1.54, 1.807) is 0 Å². The van der Waals surface area contributed by atoms with Crippen molar-refractivity contribution in [2.45, 2.75) is 70.6 Å². The summed E-state index contributed by atoms with van der Waals surface area (Å²) in [5, 5.41) is 0. The summed E-state index contributed by atoms with van der Waals surface area (Å²) in [5.74, 6) is -0.586. The fourth-order valence-corrected chi connectivity index (χ4v) is 5.30. The first kappa shape index (κ1) is 22.9. The first-order valence-corrected chi connectivity index (χ1v) is 11.2. The second kappa shape index (κ2) is 9.32. The monoisotopic (exact) mass is 452 g/mol. The molecule has 32 heavy (non-hydrogen) atoms. The van der Waals surface area contributed by atoms with E-state index in [1.165, 1.54) is 24.6 Å². The van der Waals surface area contributed by atoms with Gasteiger partial charge in [-0.2, -0.15) is 0 Å². The first-order valence-electron chi connectivity index (χ1n) is 11.2. The molecule has 0 atom stereocenters. The van der Waals surface area contributed by atoms with E-state index >= 15 is 8.78 Å². The van der Waals surface area contributed by atoms with Crippen LogP contribution in [0.5, 0.6) is 0 Å². The van der Waals surface area contributed by atoms with E-state index in [0.717, 1.165) is 44.2 Å². The molecule has 0 aromatic heterocycles. The zero-order chi connectivity index (χ0) is 23.0. The van der Waals surface area contributed by atoms with Crippen LogP contribution in [0.25, 0.3) is 11.6 Å². The molecule has 6 heteroatoms. The molecule has 0 amide bonds. The summed E-state index contributed by atoms with van der Waals surface area (Å²) in [6.07, 6.45) is 1.60. The van der Waals surface area contributed by atoms with E-state index in [9.17, 15) is 17.6 Å². The molecule has 0 N–H and O–H groups in total. The predicted molar refractivity (Wildman–Crippen MR) is 114 cm³/mol. The minimum absolute atomic E-state index is 0.0217. The Balaban J connectivity index is 1.60. The highest BCUT2D eigenvalue weighted by atomic mass is 19.3. The summed E-state index contributed by atoms with van der Waals surface area (Å²) in [5.41, 5.74) is -0.0836. The number of benzene rings is 2. The summed E-state index contributed by atoms with van der Waals surface area (Å²) in [6, 6.07) is 4.79. The van der Waals surface area contributed by atoms with E-state index in [4.69, 9.17) is 0 Å². The van der Waals surface area contributed by atoms with Gasteiger partial charge in [-0.3, -0.25) is 0 Å². The van der Waals surface area contributed by atoms with Crippen LogP contribution in [-0.2, 0) is 6.42 Å². The van der Waals surface area contributed by atoms with E-state index in [2.05, 4.69) is 6.92 Å². The summed E-state index contributed by atoms with van der Waals surface area (Å²) >= 11 is 0. The van der Waals surface area contributed by atoms with E-state index in [1.807, 2.05) is 0 Å². The van der Waals surface area contributed by atoms with Crippen molar-refractivity contribution < 1.29 is 26.3 Å². The third-order valence-electron chi connectivity index (χ3n) is 6.93. The van der Waals surface area contributed by atoms with Crippen LogP contribution in [0.2, 0.25) is 0 Å². The molecule has 0 aliphatic heterocycles. The van der Waals surface area contributed by atoms with Gasteiger partial charge in [0.2, 0.25) is 0 Å². The van der Waals surface area contributed by atoms with Gasteiger partial charge in [0.1, 0.15) is 11.6 Å². The molecule has 1 fully saturated rings. The Morgan fingerprint density at radius 2 is 1.44 bits per heavy atom. The van der Waals surface area contributed by atoms with Crippen molar-refractivity contribution in [1.29, 1.82) is 0 Å². The largest absolute Gasteiger partial charge is 0.264 e. The summed E-state index contributed by atoms with van der Waals surface area (Å²) in [7, 11) is 0. The van der Waals surface area contributed by atoms with Crippen LogP contribution in [0.1, 0.15) is 97.6 Å². The fourth-order valence-electron chi connectivity index (χ4n) is 5.30. The number of halogens is 6. The molecule has 0 nitrogen and oxygen atoms in total. The van der Waals surface area contributed by atoms with Crippen LogP contribution in [0.15, 0.2) is 24.3 Å². The average Bonchev–Trinajstić information content (AvgIpc) is 3.15. The number of hydrogen-bond acceptors (Lipinski definition) is 0. The van der Waals surface area contributed by atoms with Crippen LogP contribution in [0, 0.1) is 17.6 Å². The van der Waals surface area contributed by atoms with Gasteiger partial charge < -0.3 is 0 Å². The Kier molecular flexibility index (Phi) is 6.68. The quantitative estimate of drug-likeness (QED) is 0.384. The molecule has 2 aliphatic carbocycles. The standard InChI is InChI=1S/C26H26F6/c1-2-3-14-4-6-15(7-5-14)18-12-22(27)24(23(28)13-18)19-8-16-10-20(25(29)30)21(26(31)32)11-17(16)9-19/h8,10-15,25-26H,2-7,9H2,1H3. The molecule has 0 spiro atoms. The van der Waals surface area contributed by atoms with Gasteiger partial charge in [0.05, 0.1) is 0 Å². The third kappa shape index (κ3) is 4.46. The van der Waals surface area contributed by atoms with Gasteiger partial charge in [-0.1, -0.05) is 25.8 Å². The summed E-state index contributed by atoms with van der Waals surface area (Å²) in [6.45, 7) is 2.16. The van der Waals surface area contributed by atoms with Crippen molar-refractivity contribution in [3.63, 3.8) is 0 Å². The van der Waals surface area contributed by atoms with E-state index in [0.29, 0.717) is 22.6 Å². The molecular weight excluding hydrogens is 426 g/mol. The molecule has 2 aromatic rings. The summed E-state index contributed by atoms with van der Waals surface area (Å²) < 4.78 is 82.9. The number of allylic oxidation sites excluding steroid dienone is 1. The lowest BCUT2D eigenvalue weighted by Gasteiger charge is -2.29. The lowest BCUT2D eigenvalue weighted by Crippen LogP contribution is -2.14. The SMILES string of the molecule is CCCC1CCC(c2cc(F)c(C3=Cc4cc(C(F)F)c(C(F)F)cc4C3)c(F)c2)CC1. The Labute approximate surface area is 184 Å². The van der Waals surface area contributed by atoms with Crippen LogP contribution < -0.4 is 0 Å². The van der Waals surface area contributed by atoms with Gasteiger partial charge in [-0.25, -0.2) is 26.3 Å². The van der Waals surface area contributed by atoms with Gasteiger partial charge >= 0.3 is 0 Å². The Morgan fingerprint density at radius 1 is 0.844 bits per heavy atom. The van der Waals surface area contributed by atoms with Gasteiger partial charge in [0.25, 0.3) is 12.9 Å². The smallest absolute Gasteiger partial charge is 0.206 e. The third-order valence-corrected chi connectivity index (χ3v) is 6.93. The van der Waals surface area contributed by atoms with Crippen LogP contribution in [0.3, 0.4) is 0 Å². The zero-order valence-electron chi connectivity index (χ0n) is 17.9. The molecule has 0 heterocycles. The summed E-state index contributed by atoms with van der Waals surface area (Å²) in [4.78, 5) is 0. The van der Waals surface area contributed by atoms with Crippen molar-refractivity contribution in [2.75, 3.05) is 0 Å². The van der Waals surface area contributed by atoms with Crippen molar-refractivity contribution in [2.24, 2.45) is 5.92 Å². The average molecular weight is 452 g/mol. The maximum Gasteiger partial charge on any atom is 0.264 e. The van der Waals surface area contributed by atoms with Crippen molar-refractivity contribution in [1.82, 2.24) is 0 Å². The first-order chi connectivity index (χ1) is 15.3. The van der Waals surface area contributed by atoms with Crippen LogP contribution in [0.4, 0.5) is 26.3 Å². The van der Waals surface area contributed by atoms with Gasteiger partial charge in [0.15, 0.2) is 0 Å². The molecule has 0 bridgehead atoms. The molecule has 1 saturated carbocycles. The molecule has 2 aromatic carbocycles. The second-order valence-electron chi connectivity index (χ2n) is 8.99. The minimum Gasteiger partial charge on any atom is -0.206 e. The normalized spacial score (nSPS) is 20.7. The highest BCUT2D eigenvalue weighted by molar-refractivity contribution is 5.89. The maximum absolute atomic E-state index is 15.0. The van der Waals surface area contributed by atoms with Gasteiger partial charge in [-0.15, -0.1) is 0 Å². The zero-order valence-corrected chi connectivity index (χ0v) is 17.9. The Morgan fingerprint density at radius 3 is 2.00 bits per heavy atom. The van der Waals surface area contributed by atoms with Crippen molar-refractivity contribution in [3.8, 4) is 0 Å². The second-order valence-corrected chi connectivity index (χ2v) is 8.99. The molecule has 4 rings (SSSR count). The fraction of sp³-hybridized carbons (Fsp3) is 0.462. The van der Waals surface area contributed by atoms with Crippen LogP contribution >= 0.6 is 0 Å². The molecule has 0 saturated heterocycles. The molecule has 2 aliphatic rings. The van der Waals surface area contributed by atoms with Crippen LogP contribution in [-0.4, -0.2) is 0 Å². The lowest BCUT2D eigenvalue weighted by atomic mass is 9.77. The molecular formula is C26H26F6. The Bertz CT molecular complexity index is 992. The van der Waals surface area contributed by atoms with E-state index in [-0.39, 0.29) is 23.5 Å². The van der Waals surface area contributed by atoms with Crippen molar-refractivity contribution in [3.05, 3.63) is 69.3 Å².